The van der Waals surface area contributed by atoms with E-state index in [1.54, 1.807) is 19.1 Å². The molecule has 156 valence electrons. The molecular formula is C25H35N2O2+. The number of ether oxygens (including phenoxy) is 2. The molecule has 1 saturated heterocycles. The minimum Gasteiger partial charge on any atom is -0.493 e. The highest BCUT2D eigenvalue weighted by molar-refractivity contribution is 5.80. The largest absolute Gasteiger partial charge is 0.493 e. The van der Waals surface area contributed by atoms with Crippen LogP contribution in [0.2, 0.25) is 0 Å². The van der Waals surface area contributed by atoms with Gasteiger partial charge in [0.05, 0.1) is 33.9 Å². The molecule has 4 nitrogen and oxygen atoms in total. The first-order valence-corrected chi connectivity index (χ1v) is 10.6. The average Bonchev–Trinajstić information content (AvgIpc) is 2.75. The molecule has 29 heavy (non-hydrogen) atoms. The fourth-order valence-electron chi connectivity index (χ4n) is 4.83. The van der Waals surface area contributed by atoms with Crippen LogP contribution in [0.3, 0.4) is 0 Å². The van der Waals surface area contributed by atoms with Gasteiger partial charge in [0.25, 0.3) is 0 Å². The van der Waals surface area contributed by atoms with Crippen molar-refractivity contribution in [2.45, 2.75) is 38.1 Å². The number of piperidine rings is 1. The summed E-state index contributed by atoms with van der Waals surface area (Å²) < 4.78 is 10.7. The molecule has 1 aliphatic rings. The maximum atomic E-state index is 5.40. The van der Waals surface area contributed by atoms with Crippen LogP contribution < -0.4 is 14.4 Å². The molecule has 0 aromatic heterocycles. The van der Waals surface area contributed by atoms with Crippen molar-refractivity contribution in [3.8, 4) is 11.5 Å². The standard InChI is InChI=1S/C25H34N2O2/c1-19-18-27(3)20(2)16-25(19,22-9-7-6-8-10-22)13-14-26-17-21-11-12-23(28-4)24(15-21)29-5/h6-12,15,17,19-20H,13-14,16,18H2,1-5H3/p+1/t19-,20-,25-/m1/s1. The average molecular weight is 396 g/mol. The van der Waals surface area contributed by atoms with Gasteiger partial charge in [-0.3, -0.25) is 4.99 Å². The van der Waals surface area contributed by atoms with Crippen LogP contribution in [-0.2, 0) is 5.41 Å². The van der Waals surface area contributed by atoms with Gasteiger partial charge in [0, 0.05) is 30.5 Å². The Balaban J connectivity index is 1.77. The number of nitrogens with zero attached hydrogens (tertiary/aromatic N) is 1. The van der Waals surface area contributed by atoms with Gasteiger partial charge in [-0.15, -0.1) is 0 Å². The molecule has 1 N–H and O–H groups in total. The van der Waals surface area contributed by atoms with E-state index in [1.165, 1.54) is 18.5 Å². The molecule has 0 saturated carbocycles. The molecule has 1 unspecified atom stereocenters. The van der Waals surface area contributed by atoms with Crippen LogP contribution in [-0.4, -0.2) is 46.6 Å². The lowest BCUT2D eigenvalue weighted by Crippen LogP contribution is -3.15. The van der Waals surface area contributed by atoms with Crippen LogP contribution in [0.15, 0.2) is 53.5 Å². The van der Waals surface area contributed by atoms with E-state index < -0.39 is 0 Å². The van der Waals surface area contributed by atoms with E-state index in [-0.39, 0.29) is 5.41 Å². The first-order valence-electron chi connectivity index (χ1n) is 10.6. The monoisotopic (exact) mass is 395 g/mol. The number of likely N-dealkylation sites (tertiary alicyclic amines) is 1. The molecule has 1 heterocycles. The van der Waals surface area contributed by atoms with Crippen LogP contribution in [0.1, 0.15) is 37.8 Å². The Morgan fingerprint density at radius 1 is 1.07 bits per heavy atom. The third-order valence-corrected chi connectivity index (χ3v) is 6.77. The van der Waals surface area contributed by atoms with E-state index in [0.717, 1.165) is 30.0 Å². The second-order valence-electron chi connectivity index (χ2n) is 8.48. The first-order chi connectivity index (χ1) is 14.0. The van der Waals surface area contributed by atoms with E-state index in [4.69, 9.17) is 14.5 Å². The molecule has 0 aliphatic carbocycles. The van der Waals surface area contributed by atoms with E-state index in [9.17, 15) is 0 Å². The number of quaternary nitrogens is 1. The number of benzene rings is 2. The summed E-state index contributed by atoms with van der Waals surface area (Å²) in [4.78, 5) is 6.42. The van der Waals surface area contributed by atoms with Crippen molar-refractivity contribution in [2.75, 3.05) is 34.4 Å². The highest BCUT2D eigenvalue weighted by Gasteiger charge is 2.45. The fourth-order valence-corrected chi connectivity index (χ4v) is 4.83. The van der Waals surface area contributed by atoms with Crippen molar-refractivity contribution in [1.29, 1.82) is 0 Å². The van der Waals surface area contributed by atoms with E-state index in [2.05, 4.69) is 51.2 Å². The van der Waals surface area contributed by atoms with E-state index in [0.29, 0.717) is 12.0 Å². The summed E-state index contributed by atoms with van der Waals surface area (Å²) >= 11 is 0. The van der Waals surface area contributed by atoms with E-state index in [1.807, 2.05) is 24.4 Å². The van der Waals surface area contributed by atoms with Gasteiger partial charge in [-0.05, 0) is 42.7 Å². The number of hydrogen-bond donors (Lipinski definition) is 1. The van der Waals surface area contributed by atoms with Gasteiger partial charge < -0.3 is 14.4 Å². The number of nitrogens with one attached hydrogen (secondary N) is 1. The molecule has 1 aliphatic heterocycles. The van der Waals surface area contributed by atoms with Gasteiger partial charge in [0.1, 0.15) is 0 Å². The van der Waals surface area contributed by atoms with Crippen molar-refractivity contribution in [3.05, 3.63) is 59.7 Å². The van der Waals surface area contributed by atoms with Crippen LogP contribution in [0.5, 0.6) is 11.5 Å². The Hall–Kier alpha value is -2.33. The van der Waals surface area contributed by atoms with Crippen molar-refractivity contribution in [1.82, 2.24) is 0 Å². The lowest BCUT2D eigenvalue weighted by molar-refractivity contribution is -0.915. The van der Waals surface area contributed by atoms with Gasteiger partial charge >= 0.3 is 0 Å². The van der Waals surface area contributed by atoms with Crippen LogP contribution in [0.25, 0.3) is 0 Å². The lowest BCUT2D eigenvalue weighted by atomic mass is 9.63. The minimum absolute atomic E-state index is 0.190. The summed E-state index contributed by atoms with van der Waals surface area (Å²) in [6.45, 7) is 6.82. The normalized spacial score (nSPS) is 27.1. The van der Waals surface area contributed by atoms with Crippen LogP contribution >= 0.6 is 0 Å². The van der Waals surface area contributed by atoms with Crippen molar-refractivity contribution < 1.29 is 14.4 Å². The summed E-state index contributed by atoms with van der Waals surface area (Å²) in [6, 6.07) is 17.6. The zero-order valence-electron chi connectivity index (χ0n) is 18.4. The van der Waals surface area contributed by atoms with Gasteiger partial charge in [-0.1, -0.05) is 37.3 Å². The zero-order chi connectivity index (χ0) is 20.9. The molecule has 4 atom stereocenters. The number of hydrogen-bond acceptors (Lipinski definition) is 3. The summed E-state index contributed by atoms with van der Waals surface area (Å²) in [5.41, 5.74) is 2.69. The molecule has 0 spiro atoms. The Morgan fingerprint density at radius 2 is 1.79 bits per heavy atom. The zero-order valence-corrected chi connectivity index (χ0v) is 18.4. The third kappa shape index (κ3) is 4.64. The van der Waals surface area contributed by atoms with Crippen molar-refractivity contribution >= 4 is 6.21 Å². The molecule has 0 bridgehead atoms. The Kier molecular flexibility index (Phi) is 6.96. The van der Waals surface area contributed by atoms with Crippen LogP contribution in [0, 0.1) is 5.92 Å². The molecule has 0 amide bonds. The van der Waals surface area contributed by atoms with Gasteiger partial charge in [0.15, 0.2) is 11.5 Å². The summed E-state index contributed by atoms with van der Waals surface area (Å²) in [5, 5.41) is 0. The molecule has 3 rings (SSSR count). The molecule has 4 heteroatoms. The SMILES string of the molecule is COc1ccc(C=NCC[C@@]2(c3ccccc3)C[C@@H](C)[NH+](C)C[C@H]2C)cc1OC. The summed E-state index contributed by atoms with van der Waals surface area (Å²) in [7, 11) is 5.64. The molecule has 2 aromatic carbocycles. The predicted octanol–water partition coefficient (Wildman–Crippen LogP) is 3.39. The van der Waals surface area contributed by atoms with Gasteiger partial charge in [-0.2, -0.15) is 0 Å². The molecule has 0 radical (unpaired) electrons. The number of aliphatic imine (C=N–C) groups is 1. The number of rotatable bonds is 7. The predicted molar refractivity (Wildman–Crippen MR) is 120 cm³/mol. The summed E-state index contributed by atoms with van der Waals surface area (Å²) in [5.74, 6) is 2.10. The third-order valence-electron chi connectivity index (χ3n) is 6.77. The summed E-state index contributed by atoms with van der Waals surface area (Å²) in [6.07, 6.45) is 4.23. The molecule has 1 fully saturated rings. The second kappa shape index (κ2) is 9.45. The quantitative estimate of drug-likeness (QED) is 0.730. The van der Waals surface area contributed by atoms with Crippen molar-refractivity contribution in [2.24, 2.45) is 10.9 Å². The number of methoxy groups -OCH3 is 2. The van der Waals surface area contributed by atoms with Gasteiger partial charge in [-0.25, -0.2) is 0 Å². The topological polar surface area (TPSA) is 35.3 Å². The second-order valence-corrected chi connectivity index (χ2v) is 8.48. The lowest BCUT2D eigenvalue weighted by Gasteiger charge is -2.47. The maximum absolute atomic E-state index is 5.40. The minimum atomic E-state index is 0.190. The van der Waals surface area contributed by atoms with Crippen molar-refractivity contribution in [3.63, 3.8) is 0 Å². The first kappa shape index (κ1) is 21.4. The van der Waals surface area contributed by atoms with E-state index >= 15 is 0 Å². The smallest absolute Gasteiger partial charge is 0.161 e. The molecular weight excluding hydrogens is 360 g/mol. The molecule has 2 aromatic rings. The maximum Gasteiger partial charge on any atom is 0.161 e. The fraction of sp³-hybridized carbons (Fsp3) is 0.480. The van der Waals surface area contributed by atoms with Gasteiger partial charge in [0.2, 0.25) is 0 Å². The highest BCUT2D eigenvalue weighted by Crippen LogP contribution is 2.41. The Bertz CT molecular complexity index is 821. The Morgan fingerprint density at radius 3 is 2.48 bits per heavy atom. The Labute approximate surface area is 175 Å². The van der Waals surface area contributed by atoms with Crippen LogP contribution in [0.4, 0.5) is 0 Å². The highest BCUT2D eigenvalue weighted by atomic mass is 16.5.